The molecule has 1 amide bonds. The van der Waals surface area contributed by atoms with E-state index < -0.39 is 0 Å². The molecule has 1 atom stereocenters. The normalized spacial score (nSPS) is 16.1. The number of amides is 1. The number of rotatable bonds is 5. The highest BCUT2D eigenvalue weighted by atomic mass is 35.5. The molecule has 30 heavy (non-hydrogen) atoms. The van der Waals surface area contributed by atoms with Crippen molar-refractivity contribution in [3.05, 3.63) is 57.3 Å². The van der Waals surface area contributed by atoms with Crippen molar-refractivity contribution >= 4 is 34.8 Å². The molecular weight excluding hydrogens is 418 g/mol. The number of carbonyl (C=O) groups is 1. The summed E-state index contributed by atoms with van der Waals surface area (Å²) in [5.41, 5.74) is 3.65. The van der Waals surface area contributed by atoms with Crippen molar-refractivity contribution in [2.45, 2.75) is 32.2 Å². The molecule has 0 N–H and O–H groups in total. The molecule has 156 valence electrons. The van der Waals surface area contributed by atoms with Gasteiger partial charge in [0.05, 0.1) is 28.9 Å². The van der Waals surface area contributed by atoms with Crippen LogP contribution < -0.4 is 4.90 Å². The Morgan fingerprint density at radius 3 is 2.70 bits per heavy atom. The topological polar surface area (TPSA) is 62.2 Å². The number of carbonyl (C=O) groups excluding carboxylic acids is 1. The molecule has 3 aromatic rings. The standard InChI is InChI=1S/C22H24ClN5OS/c1-14-25-17(13-30-14)11-20(29)28-10-4-5-19(28)21-18(12-24-22(26-21)27(2)3)15-6-8-16(23)9-7-15/h6-9,12-13,19H,4-5,10-11H2,1-3H3. The molecule has 1 fully saturated rings. The monoisotopic (exact) mass is 441 g/mol. The third-order valence-electron chi connectivity index (χ3n) is 5.25. The Balaban J connectivity index is 1.70. The van der Waals surface area contributed by atoms with Crippen LogP contribution in [0.2, 0.25) is 5.02 Å². The smallest absolute Gasteiger partial charge is 0.229 e. The maximum absolute atomic E-state index is 13.1. The summed E-state index contributed by atoms with van der Waals surface area (Å²) in [6.07, 6.45) is 4.01. The lowest BCUT2D eigenvalue weighted by molar-refractivity contribution is -0.131. The molecule has 0 radical (unpaired) electrons. The van der Waals surface area contributed by atoms with Crippen molar-refractivity contribution in [2.75, 3.05) is 25.5 Å². The molecule has 1 aromatic carbocycles. The molecular formula is C22H24ClN5OS. The maximum Gasteiger partial charge on any atom is 0.229 e. The summed E-state index contributed by atoms with van der Waals surface area (Å²) < 4.78 is 0. The highest BCUT2D eigenvalue weighted by molar-refractivity contribution is 7.09. The molecule has 0 saturated carbocycles. The summed E-state index contributed by atoms with van der Waals surface area (Å²) in [6, 6.07) is 7.59. The van der Waals surface area contributed by atoms with E-state index in [0.29, 0.717) is 17.4 Å². The third kappa shape index (κ3) is 4.32. The van der Waals surface area contributed by atoms with Gasteiger partial charge in [-0.1, -0.05) is 23.7 Å². The van der Waals surface area contributed by atoms with Gasteiger partial charge in [-0.15, -0.1) is 11.3 Å². The molecule has 2 aromatic heterocycles. The van der Waals surface area contributed by atoms with Crippen LogP contribution in [0.25, 0.3) is 11.1 Å². The van der Waals surface area contributed by atoms with Gasteiger partial charge in [0.25, 0.3) is 0 Å². The molecule has 3 heterocycles. The first-order valence-electron chi connectivity index (χ1n) is 9.93. The van der Waals surface area contributed by atoms with Crippen LogP contribution in [-0.2, 0) is 11.2 Å². The highest BCUT2D eigenvalue weighted by Crippen LogP contribution is 2.37. The highest BCUT2D eigenvalue weighted by Gasteiger charge is 2.33. The maximum atomic E-state index is 13.1. The predicted octanol–water partition coefficient (Wildman–Crippen LogP) is 4.53. The molecule has 0 bridgehead atoms. The Hall–Kier alpha value is -2.51. The van der Waals surface area contributed by atoms with Gasteiger partial charge >= 0.3 is 0 Å². The predicted molar refractivity (Wildman–Crippen MR) is 121 cm³/mol. The second kappa shape index (κ2) is 8.70. The van der Waals surface area contributed by atoms with E-state index in [9.17, 15) is 4.79 Å². The Morgan fingerprint density at radius 2 is 2.03 bits per heavy atom. The van der Waals surface area contributed by atoms with Gasteiger partial charge < -0.3 is 9.80 Å². The first kappa shape index (κ1) is 20.8. The van der Waals surface area contributed by atoms with Crippen molar-refractivity contribution in [3.8, 4) is 11.1 Å². The largest absolute Gasteiger partial charge is 0.347 e. The van der Waals surface area contributed by atoms with Crippen LogP contribution in [0, 0.1) is 6.92 Å². The van der Waals surface area contributed by atoms with E-state index in [4.69, 9.17) is 16.6 Å². The Kier molecular flexibility index (Phi) is 6.01. The number of thiazole rings is 1. The molecule has 6 nitrogen and oxygen atoms in total. The summed E-state index contributed by atoms with van der Waals surface area (Å²) in [4.78, 5) is 30.8. The summed E-state index contributed by atoms with van der Waals surface area (Å²) in [5.74, 6) is 0.729. The van der Waals surface area contributed by atoms with Crippen LogP contribution >= 0.6 is 22.9 Å². The molecule has 4 rings (SSSR count). The zero-order valence-electron chi connectivity index (χ0n) is 17.3. The van der Waals surface area contributed by atoms with Crippen LogP contribution in [0.4, 0.5) is 5.95 Å². The molecule has 0 aliphatic carbocycles. The van der Waals surface area contributed by atoms with E-state index >= 15 is 0 Å². The van der Waals surface area contributed by atoms with Crippen LogP contribution in [0.15, 0.2) is 35.8 Å². The molecule has 8 heteroatoms. The van der Waals surface area contributed by atoms with Crippen LogP contribution in [-0.4, -0.2) is 46.4 Å². The number of benzene rings is 1. The van der Waals surface area contributed by atoms with Crippen molar-refractivity contribution < 1.29 is 4.79 Å². The van der Waals surface area contributed by atoms with Gasteiger partial charge in [-0.25, -0.2) is 15.0 Å². The van der Waals surface area contributed by atoms with E-state index in [0.717, 1.165) is 46.9 Å². The third-order valence-corrected chi connectivity index (χ3v) is 6.32. The Labute approximate surface area is 185 Å². The van der Waals surface area contributed by atoms with Gasteiger partial charge in [0.15, 0.2) is 0 Å². The second-order valence-electron chi connectivity index (χ2n) is 7.65. The fraction of sp³-hybridized carbons (Fsp3) is 0.364. The van der Waals surface area contributed by atoms with Crippen molar-refractivity contribution in [3.63, 3.8) is 0 Å². The minimum Gasteiger partial charge on any atom is -0.347 e. The van der Waals surface area contributed by atoms with Crippen molar-refractivity contribution in [1.29, 1.82) is 0 Å². The first-order chi connectivity index (χ1) is 14.4. The lowest BCUT2D eigenvalue weighted by Crippen LogP contribution is -2.33. The van der Waals surface area contributed by atoms with Crippen molar-refractivity contribution in [1.82, 2.24) is 19.9 Å². The number of halogens is 1. The van der Waals surface area contributed by atoms with E-state index in [1.807, 2.05) is 66.7 Å². The summed E-state index contributed by atoms with van der Waals surface area (Å²) in [7, 11) is 3.84. The van der Waals surface area contributed by atoms with Crippen LogP contribution in [0.5, 0.6) is 0 Å². The summed E-state index contributed by atoms with van der Waals surface area (Å²) in [6.45, 7) is 2.69. The number of aryl methyl sites for hydroxylation is 1. The minimum atomic E-state index is -0.0791. The Bertz CT molecular complexity index is 1050. The molecule has 1 unspecified atom stereocenters. The lowest BCUT2D eigenvalue weighted by atomic mass is 9.99. The van der Waals surface area contributed by atoms with Crippen LogP contribution in [0.1, 0.15) is 35.3 Å². The average Bonchev–Trinajstić information content (AvgIpc) is 3.37. The zero-order valence-corrected chi connectivity index (χ0v) is 18.9. The van der Waals surface area contributed by atoms with Gasteiger partial charge in [0.1, 0.15) is 0 Å². The van der Waals surface area contributed by atoms with Gasteiger partial charge in [0.2, 0.25) is 11.9 Å². The van der Waals surface area contributed by atoms with Gasteiger partial charge in [0, 0.05) is 42.8 Å². The lowest BCUT2D eigenvalue weighted by Gasteiger charge is -2.26. The molecule has 1 saturated heterocycles. The summed E-state index contributed by atoms with van der Waals surface area (Å²) >= 11 is 7.65. The number of aromatic nitrogens is 3. The first-order valence-corrected chi connectivity index (χ1v) is 11.2. The fourth-order valence-electron chi connectivity index (χ4n) is 3.80. The van der Waals surface area contributed by atoms with E-state index in [2.05, 4.69) is 9.97 Å². The number of anilines is 1. The Morgan fingerprint density at radius 1 is 1.27 bits per heavy atom. The van der Waals surface area contributed by atoms with E-state index in [-0.39, 0.29) is 11.9 Å². The van der Waals surface area contributed by atoms with E-state index in [1.165, 1.54) is 0 Å². The fourth-order valence-corrected chi connectivity index (χ4v) is 4.54. The minimum absolute atomic E-state index is 0.0791. The van der Waals surface area contributed by atoms with Gasteiger partial charge in [-0.3, -0.25) is 4.79 Å². The van der Waals surface area contributed by atoms with Crippen molar-refractivity contribution in [2.24, 2.45) is 0 Å². The average molecular weight is 442 g/mol. The second-order valence-corrected chi connectivity index (χ2v) is 9.15. The van der Waals surface area contributed by atoms with E-state index in [1.54, 1.807) is 11.3 Å². The molecule has 1 aliphatic rings. The quantitative estimate of drug-likeness (QED) is 0.581. The number of likely N-dealkylation sites (tertiary alicyclic amines) is 1. The molecule has 0 spiro atoms. The molecule has 1 aliphatic heterocycles. The SMILES string of the molecule is Cc1nc(CC(=O)N2CCCC2c2nc(N(C)C)ncc2-c2ccc(Cl)cc2)cs1. The van der Waals surface area contributed by atoms with Gasteiger partial charge in [-0.2, -0.15) is 0 Å². The number of hydrogen-bond acceptors (Lipinski definition) is 6. The zero-order chi connectivity index (χ0) is 21.3. The number of hydrogen-bond donors (Lipinski definition) is 0. The number of nitrogens with zero attached hydrogens (tertiary/aromatic N) is 5. The summed E-state index contributed by atoms with van der Waals surface area (Å²) in [5, 5.41) is 3.63. The van der Waals surface area contributed by atoms with Gasteiger partial charge in [-0.05, 0) is 37.5 Å². The van der Waals surface area contributed by atoms with Crippen LogP contribution in [0.3, 0.4) is 0 Å².